The van der Waals surface area contributed by atoms with Gasteiger partial charge in [-0.3, -0.25) is 0 Å². The molecular formula is C13H15BrO3S. The highest BCUT2D eigenvalue weighted by Gasteiger charge is 2.25. The fraction of sp³-hybridized carbons (Fsp3) is 0.462. The molecule has 1 saturated carbocycles. The summed E-state index contributed by atoms with van der Waals surface area (Å²) < 4.78 is 0.861. The van der Waals surface area contributed by atoms with Gasteiger partial charge in [-0.15, -0.1) is 11.8 Å². The van der Waals surface area contributed by atoms with Crippen molar-refractivity contribution in [1.82, 2.24) is 0 Å². The van der Waals surface area contributed by atoms with E-state index in [-0.39, 0.29) is 11.4 Å². The number of carbonyl (C=O) groups is 1. The van der Waals surface area contributed by atoms with Crippen LogP contribution < -0.4 is 0 Å². The minimum atomic E-state index is -0.921. The molecule has 3 nitrogen and oxygen atoms in total. The van der Waals surface area contributed by atoms with E-state index in [1.54, 1.807) is 12.1 Å². The fourth-order valence-electron chi connectivity index (χ4n) is 2.15. The topological polar surface area (TPSA) is 57.5 Å². The van der Waals surface area contributed by atoms with Gasteiger partial charge in [0.25, 0.3) is 0 Å². The maximum Gasteiger partial charge on any atom is 0.336 e. The number of rotatable bonds is 3. The van der Waals surface area contributed by atoms with Crippen molar-refractivity contribution in [2.24, 2.45) is 0 Å². The van der Waals surface area contributed by atoms with E-state index in [1.807, 2.05) is 6.07 Å². The van der Waals surface area contributed by atoms with Crippen LogP contribution in [0.3, 0.4) is 0 Å². The molecule has 1 aromatic rings. The Bertz CT molecular complexity index is 450. The van der Waals surface area contributed by atoms with E-state index in [4.69, 9.17) is 5.11 Å². The molecule has 98 valence electrons. The van der Waals surface area contributed by atoms with Crippen molar-refractivity contribution in [2.45, 2.75) is 41.9 Å². The average molecular weight is 331 g/mol. The molecule has 2 atom stereocenters. The number of aliphatic hydroxyl groups is 1. The molecule has 0 aromatic heterocycles. The van der Waals surface area contributed by atoms with E-state index in [2.05, 4.69) is 15.9 Å². The lowest BCUT2D eigenvalue weighted by atomic mass is 9.97. The molecule has 0 spiro atoms. The maximum absolute atomic E-state index is 11.2. The summed E-state index contributed by atoms with van der Waals surface area (Å²) in [6, 6.07) is 5.14. The van der Waals surface area contributed by atoms with Gasteiger partial charge in [-0.1, -0.05) is 28.8 Å². The number of halogens is 1. The van der Waals surface area contributed by atoms with E-state index in [0.717, 1.165) is 35.1 Å². The second-order valence-electron chi connectivity index (χ2n) is 4.45. The first kappa shape index (κ1) is 13.9. The number of aliphatic hydroxyl groups excluding tert-OH is 1. The van der Waals surface area contributed by atoms with Crippen LogP contribution in [0.4, 0.5) is 0 Å². The minimum absolute atomic E-state index is 0.103. The predicted octanol–water partition coefficient (Wildman–Crippen LogP) is 3.54. The molecule has 18 heavy (non-hydrogen) atoms. The Hall–Kier alpha value is -0.520. The molecule has 0 heterocycles. The second-order valence-corrected chi connectivity index (χ2v) is 6.65. The Balaban J connectivity index is 2.21. The zero-order chi connectivity index (χ0) is 13.1. The van der Waals surface area contributed by atoms with Gasteiger partial charge in [0.1, 0.15) is 0 Å². The summed E-state index contributed by atoms with van der Waals surface area (Å²) in [5.41, 5.74) is 0.306. The molecule has 1 aromatic carbocycles. The third-order valence-electron chi connectivity index (χ3n) is 3.12. The lowest BCUT2D eigenvalue weighted by molar-refractivity contribution is 0.0693. The van der Waals surface area contributed by atoms with Crippen LogP contribution in [0.15, 0.2) is 27.6 Å². The van der Waals surface area contributed by atoms with Gasteiger partial charge in [0.15, 0.2) is 0 Å². The summed E-state index contributed by atoms with van der Waals surface area (Å²) in [5, 5.41) is 19.2. The highest BCUT2D eigenvalue weighted by molar-refractivity contribution is 9.10. The molecule has 2 unspecified atom stereocenters. The number of hydrogen-bond donors (Lipinski definition) is 2. The van der Waals surface area contributed by atoms with Crippen molar-refractivity contribution < 1.29 is 15.0 Å². The van der Waals surface area contributed by atoms with Gasteiger partial charge >= 0.3 is 5.97 Å². The molecular weight excluding hydrogens is 316 g/mol. The smallest absolute Gasteiger partial charge is 0.336 e. The summed E-state index contributed by atoms with van der Waals surface area (Å²) in [6.07, 6.45) is 3.59. The normalized spacial score (nSPS) is 23.9. The summed E-state index contributed by atoms with van der Waals surface area (Å²) >= 11 is 4.84. The minimum Gasteiger partial charge on any atom is -0.478 e. The van der Waals surface area contributed by atoms with E-state index in [0.29, 0.717) is 5.56 Å². The van der Waals surface area contributed by atoms with Gasteiger partial charge in [-0.25, -0.2) is 4.79 Å². The van der Waals surface area contributed by atoms with E-state index in [9.17, 15) is 9.90 Å². The largest absolute Gasteiger partial charge is 0.478 e. The zero-order valence-electron chi connectivity index (χ0n) is 9.80. The van der Waals surface area contributed by atoms with Crippen molar-refractivity contribution in [3.63, 3.8) is 0 Å². The fourth-order valence-corrected chi connectivity index (χ4v) is 4.04. The second kappa shape index (κ2) is 6.08. The van der Waals surface area contributed by atoms with Crippen LogP contribution in [0.2, 0.25) is 0 Å². The van der Waals surface area contributed by atoms with Crippen molar-refractivity contribution >= 4 is 33.7 Å². The predicted molar refractivity (Wildman–Crippen MR) is 75.2 cm³/mol. The maximum atomic E-state index is 11.2. The quantitative estimate of drug-likeness (QED) is 0.889. The molecule has 2 N–H and O–H groups in total. The van der Waals surface area contributed by atoms with Crippen LogP contribution in [-0.2, 0) is 0 Å². The number of benzene rings is 1. The van der Waals surface area contributed by atoms with Gasteiger partial charge in [-0.2, -0.15) is 0 Å². The van der Waals surface area contributed by atoms with Crippen molar-refractivity contribution in [1.29, 1.82) is 0 Å². The number of thioether (sulfide) groups is 1. The summed E-state index contributed by atoms with van der Waals surface area (Å²) in [4.78, 5) is 11.9. The summed E-state index contributed by atoms with van der Waals surface area (Å²) in [5.74, 6) is -0.921. The van der Waals surface area contributed by atoms with Crippen LogP contribution in [0.5, 0.6) is 0 Å². The van der Waals surface area contributed by atoms with E-state index < -0.39 is 5.97 Å². The van der Waals surface area contributed by atoms with Crippen LogP contribution in [0.25, 0.3) is 0 Å². The highest BCUT2D eigenvalue weighted by atomic mass is 79.9. The van der Waals surface area contributed by atoms with Gasteiger partial charge in [0.2, 0.25) is 0 Å². The lowest BCUT2D eigenvalue weighted by Gasteiger charge is -2.27. The lowest BCUT2D eigenvalue weighted by Crippen LogP contribution is -2.26. The number of carboxylic acid groups (broad SMARTS) is 1. The Labute approximate surface area is 119 Å². The molecule has 0 bridgehead atoms. The van der Waals surface area contributed by atoms with Crippen LogP contribution >= 0.6 is 27.7 Å². The molecule has 0 aliphatic heterocycles. The Morgan fingerprint density at radius 1 is 1.33 bits per heavy atom. The summed E-state index contributed by atoms with van der Waals surface area (Å²) in [7, 11) is 0. The number of hydrogen-bond acceptors (Lipinski definition) is 3. The van der Waals surface area contributed by atoms with Crippen LogP contribution in [0, 0.1) is 0 Å². The molecule has 2 rings (SSSR count). The standard InChI is InChI=1S/C13H15BrO3S/c14-8-5-6-9(13(16)17)12(7-8)18-11-4-2-1-3-10(11)15/h5-7,10-11,15H,1-4H2,(H,16,17). The molecule has 5 heteroatoms. The van der Waals surface area contributed by atoms with Crippen molar-refractivity contribution in [3.05, 3.63) is 28.2 Å². The molecule has 0 radical (unpaired) electrons. The number of carboxylic acids is 1. The Kier molecular flexibility index (Phi) is 4.70. The van der Waals surface area contributed by atoms with Gasteiger partial charge < -0.3 is 10.2 Å². The Morgan fingerprint density at radius 2 is 2.06 bits per heavy atom. The molecule has 1 fully saturated rings. The monoisotopic (exact) mass is 330 g/mol. The molecule has 0 saturated heterocycles. The molecule has 1 aliphatic rings. The van der Waals surface area contributed by atoms with Crippen LogP contribution in [-0.4, -0.2) is 27.5 Å². The van der Waals surface area contributed by atoms with Gasteiger partial charge in [-0.05, 0) is 31.0 Å². The zero-order valence-corrected chi connectivity index (χ0v) is 12.2. The average Bonchev–Trinajstić information content (AvgIpc) is 2.32. The molecule has 0 amide bonds. The first-order valence-electron chi connectivity index (χ1n) is 5.95. The number of aromatic carboxylic acids is 1. The van der Waals surface area contributed by atoms with Crippen molar-refractivity contribution in [3.8, 4) is 0 Å². The summed E-state index contributed by atoms with van der Waals surface area (Å²) in [6.45, 7) is 0. The Morgan fingerprint density at radius 3 is 2.72 bits per heavy atom. The third kappa shape index (κ3) is 3.28. The first-order valence-corrected chi connectivity index (χ1v) is 7.63. The van der Waals surface area contributed by atoms with E-state index >= 15 is 0 Å². The SMILES string of the molecule is O=C(O)c1ccc(Br)cc1SC1CCCCC1O. The van der Waals surface area contributed by atoms with Crippen LogP contribution in [0.1, 0.15) is 36.0 Å². The van der Waals surface area contributed by atoms with E-state index in [1.165, 1.54) is 11.8 Å². The third-order valence-corrected chi connectivity index (χ3v) is 5.06. The molecule has 1 aliphatic carbocycles. The first-order chi connectivity index (χ1) is 8.58. The van der Waals surface area contributed by atoms with Gasteiger partial charge in [0, 0.05) is 14.6 Å². The van der Waals surface area contributed by atoms with Gasteiger partial charge in [0.05, 0.1) is 11.7 Å². The highest BCUT2D eigenvalue weighted by Crippen LogP contribution is 2.36. The van der Waals surface area contributed by atoms with Crippen molar-refractivity contribution in [2.75, 3.05) is 0 Å².